The summed E-state index contributed by atoms with van der Waals surface area (Å²) >= 11 is 0. The third kappa shape index (κ3) is 11.0. The van der Waals surface area contributed by atoms with Crippen molar-refractivity contribution in [3.8, 4) is 0 Å². The molecular formula is C20H32O8. The van der Waals surface area contributed by atoms with Crippen molar-refractivity contribution in [1.82, 2.24) is 0 Å². The normalized spacial score (nSPS) is 25.6. The van der Waals surface area contributed by atoms with E-state index in [-0.39, 0.29) is 19.4 Å². The Bertz CT molecular complexity index is 516. The van der Waals surface area contributed by atoms with Gasteiger partial charge in [-0.1, -0.05) is 32.1 Å². The van der Waals surface area contributed by atoms with Gasteiger partial charge >= 0.3 is 17.9 Å². The molecule has 1 rings (SSSR count). The largest absolute Gasteiger partial charge is 0.481 e. The van der Waals surface area contributed by atoms with Crippen molar-refractivity contribution in [3.05, 3.63) is 12.2 Å². The van der Waals surface area contributed by atoms with Crippen LogP contribution in [-0.2, 0) is 23.9 Å². The average Bonchev–Trinajstić information content (AvgIpc) is 2.66. The smallest absolute Gasteiger partial charge is 0.330 e. The molecule has 28 heavy (non-hydrogen) atoms. The number of hydrogen-bond acceptors (Lipinski definition) is 7. The highest BCUT2D eigenvalue weighted by Crippen LogP contribution is 2.17. The number of esters is 2. The number of aliphatic hydroxyl groups is 2. The molecule has 160 valence electrons. The summed E-state index contributed by atoms with van der Waals surface area (Å²) in [6.07, 6.45) is 6.73. The minimum Gasteiger partial charge on any atom is -0.481 e. The number of carbonyl (C=O) groups is 3. The van der Waals surface area contributed by atoms with Crippen LogP contribution in [0.25, 0.3) is 0 Å². The maximum atomic E-state index is 11.9. The summed E-state index contributed by atoms with van der Waals surface area (Å²) in [7, 11) is 0. The Kier molecular flexibility index (Phi) is 12.2. The van der Waals surface area contributed by atoms with Crippen molar-refractivity contribution in [1.29, 1.82) is 0 Å². The van der Waals surface area contributed by atoms with Crippen LogP contribution in [0.1, 0.15) is 70.6 Å². The number of aliphatic hydroxyl groups excluding tert-OH is 2. The van der Waals surface area contributed by atoms with E-state index in [0.29, 0.717) is 12.8 Å². The fourth-order valence-corrected chi connectivity index (χ4v) is 3.03. The van der Waals surface area contributed by atoms with Crippen molar-refractivity contribution in [2.24, 2.45) is 0 Å². The average molecular weight is 400 g/mol. The number of hydrogen-bond donors (Lipinski definition) is 3. The lowest BCUT2D eigenvalue weighted by Crippen LogP contribution is -2.30. The molecule has 0 unspecified atom stereocenters. The van der Waals surface area contributed by atoms with Crippen LogP contribution in [0.2, 0.25) is 0 Å². The molecule has 1 aliphatic rings. The Labute approximate surface area is 165 Å². The van der Waals surface area contributed by atoms with Crippen molar-refractivity contribution in [2.45, 2.75) is 88.9 Å². The molecule has 0 spiro atoms. The topological polar surface area (TPSA) is 130 Å². The highest BCUT2D eigenvalue weighted by molar-refractivity contribution is 5.82. The molecule has 0 aromatic carbocycles. The van der Waals surface area contributed by atoms with Gasteiger partial charge in [0, 0.05) is 6.08 Å². The van der Waals surface area contributed by atoms with Gasteiger partial charge in [-0.25, -0.2) is 4.79 Å². The van der Waals surface area contributed by atoms with Gasteiger partial charge in [-0.2, -0.15) is 0 Å². The second kappa shape index (κ2) is 14.1. The van der Waals surface area contributed by atoms with Crippen LogP contribution in [0, 0.1) is 0 Å². The van der Waals surface area contributed by atoms with Gasteiger partial charge in [-0.3, -0.25) is 9.59 Å². The van der Waals surface area contributed by atoms with Gasteiger partial charge < -0.3 is 24.8 Å². The molecule has 0 aromatic rings. The first-order chi connectivity index (χ1) is 13.4. The third-order valence-electron chi connectivity index (χ3n) is 4.64. The Balaban J connectivity index is 2.72. The zero-order chi connectivity index (χ0) is 20.8. The molecule has 0 aliphatic carbocycles. The summed E-state index contributed by atoms with van der Waals surface area (Å²) in [4.78, 5) is 34.3. The molecule has 0 fully saturated rings. The summed E-state index contributed by atoms with van der Waals surface area (Å²) in [5.41, 5.74) is 0. The van der Waals surface area contributed by atoms with E-state index in [1.165, 1.54) is 6.08 Å². The maximum Gasteiger partial charge on any atom is 0.330 e. The van der Waals surface area contributed by atoms with E-state index in [4.69, 9.17) is 14.6 Å². The van der Waals surface area contributed by atoms with E-state index in [9.17, 15) is 24.6 Å². The summed E-state index contributed by atoms with van der Waals surface area (Å²) in [6.45, 7) is -0.258. The number of ether oxygens (including phenoxy) is 2. The van der Waals surface area contributed by atoms with E-state index < -0.39 is 36.2 Å². The molecule has 8 nitrogen and oxygen atoms in total. The summed E-state index contributed by atoms with van der Waals surface area (Å²) in [6, 6.07) is 0. The van der Waals surface area contributed by atoms with E-state index >= 15 is 0 Å². The van der Waals surface area contributed by atoms with Gasteiger partial charge in [-0.15, -0.1) is 0 Å². The first-order valence-electron chi connectivity index (χ1n) is 10.0. The zero-order valence-electron chi connectivity index (χ0n) is 16.3. The molecule has 3 atom stereocenters. The minimum absolute atomic E-state index is 0.258. The molecular weight excluding hydrogens is 368 g/mol. The van der Waals surface area contributed by atoms with E-state index in [1.807, 2.05) is 0 Å². The summed E-state index contributed by atoms with van der Waals surface area (Å²) < 4.78 is 10.4. The number of carboxylic acid groups (broad SMARTS) is 1. The zero-order valence-corrected chi connectivity index (χ0v) is 16.3. The minimum atomic E-state index is -1.21. The fraction of sp³-hybridized carbons (Fsp3) is 0.750. The summed E-state index contributed by atoms with van der Waals surface area (Å²) in [5.74, 6) is -2.48. The molecule has 3 N–H and O–H groups in total. The van der Waals surface area contributed by atoms with Crippen LogP contribution in [-0.4, -0.2) is 58.1 Å². The number of carboxylic acids is 1. The second-order valence-electron chi connectivity index (χ2n) is 7.07. The first-order valence-corrected chi connectivity index (χ1v) is 10.0. The first kappa shape index (κ1) is 24.1. The Morgan fingerprint density at radius 1 is 1.04 bits per heavy atom. The molecule has 0 saturated heterocycles. The fourth-order valence-electron chi connectivity index (χ4n) is 3.03. The molecule has 1 heterocycles. The molecule has 0 bridgehead atoms. The summed E-state index contributed by atoms with van der Waals surface area (Å²) in [5, 5.41) is 28.3. The Morgan fingerprint density at radius 2 is 1.64 bits per heavy atom. The van der Waals surface area contributed by atoms with Crippen LogP contribution in [0.15, 0.2) is 12.2 Å². The van der Waals surface area contributed by atoms with Gasteiger partial charge in [0.05, 0.1) is 19.4 Å². The van der Waals surface area contributed by atoms with Crippen molar-refractivity contribution < 1.29 is 39.2 Å². The monoisotopic (exact) mass is 400 g/mol. The Morgan fingerprint density at radius 3 is 2.25 bits per heavy atom. The van der Waals surface area contributed by atoms with Crippen molar-refractivity contribution in [2.75, 3.05) is 6.61 Å². The molecule has 1 aliphatic heterocycles. The lowest BCUT2D eigenvalue weighted by molar-refractivity contribution is -0.156. The lowest BCUT2D eigenvalue weighted by atomic mass is 10.0. The molecule has 0 aromatic heterocycles. The van der Waals surface area contributed by atoms with E-state index in [1.54, 1.807) is 0 Å². The van der Waals surface area contributed by atoms with E-state index in [2.05, 4.69) is 0 Å². The predicted molar refractivity (Wildman–Crippen MR) is 100 cm³/mol. The lowest BCUT2D eigenvalue weighted by Gasteiger charge is -2.21. The van der Waals surface area contributed by atoms with Gasteiger partial charge in [0.1, 0.15) is 18.3 Å². The van der Waals surface area contributed by atoms with Crippen LogP contribution in [0.3, 0.4) is 0 Å². The SMILES string of the molecule is O=C(O)CCC(=O)O[C@H]1CCCCCCCCC[C@@H](CO)OC(=O)C=C[C@H]1O. The van der Waals surface area contributed by atoms with Gasteiger partial charge in [0.2, 0.25) is 0 Å². The van der Waals surface area contributed by atoms with E-state index in [0.717, 1.165) is 51.0 Å². The maximum absolute atomic E-state index is 11.9. The van der Waals surface area contributed by atoms with Crippen molar-refractivity contribution >= 4 is 17.9 Å². The van der Waals surface area contributed by atoms with Gasteiger partial charge in [-0.05, 0) is 31.8 Å². The standard InChI is InChI=1S/C20H32O8/c21-14-15-8-6-4-2-1-3-5-7-9-17(16(22)10-12-19(25)27-15)28-20(26)13-11-18(23)24/h10,12,15-17,21-22H,1-9,11,13-14H2,(H,23,24)/t15-,16+,17-/m0/s1. The van der Waals surface area contributed by atoms with Crippen LogP contribution in [0.5, 0.6) is 0 Å². The molecule has 0 saturated carbocycles. The highest BCUT2D eigenvalue weighted by Gasteiger charge is 2.22. The number of rotatable bonds is 5. The molecule has 0 radical (unpaired) electrons. The van der Waals surface area contributed by atoms with Crippen molar-refractivity contribution in [3.63, 3.8) is 0 Å². The third-order valence-corrected chi connectivity index (χ3v) is 4.64. The van der Waals surface area contributed by atoms with Gasteiger partial charge in [0.25, 0.3) is 0 Å². The highest BCUT2D eigenvalue weighted by atomic mass is 16.6. The number of cyclic esters (lactones) is 1. The quantitative estimate of drug-likeness (QED) is 0.598. The number of aliphatic carboxylic acids is 1. The predicted octanol–water partition coefficient (Wildman–Crippen LogP) is 2.11. The number of carbonyl (C=O) groups excluding carboxylic acids is 2. The van der Waals surface area contributed by atoms with Crippen LogP contribution < -0.4 is 0 Å². The van der Waals surface area contributed by atoms with Gasteiger partial charge in [0.15, 0.2) is 0 Å². The molecule has 0 amide bonds. The Hall–Kier alpha value is -1.93. The van der Waals surface area contributed by atoms with Crippen LogP contribution >= 0.6 is 0 Å². The second-order valence-corrected chi connectivity index (χ2v) is 7.07. The van der Waals surface area contributed by atoms with Crippen LogP contribution in [0.4, 0.5) is 0 Å². The molecule has 8 heteroatoms.